The number of nitrogens with one attached hydrogen (secondary N) is 2. The van der Waals surface area contributed by atoms with Crippen molar-refractivity contribution in [3.8, 4) is 0 Å². The van der Waals surface area contributed by atoms with E-state index in [1.807, 2.05) is 0 Å². The molecule has 0 bridgehead atoms. The molecular weight excluding hydrogens is 316 g/mol. The molecule has 2 N–H and O–H groups in total. The van der Waals surface area contributed by atoms with E-state index in [4.69, 9.17) is 9.47 Å². The predicted molar refractivity (Wildman–Crippen MR) is 104 cm³/mol. The van der Waals surface area contributed by atoms with Gasteiger partial charge in [0, 0.05) is 33.4 Å². The van der Waals surface area contributed by atoms with Crippen LogP contribution in [0.2, 0.25) is 0 Å². The molecule has 1 rings (SSSR count). The Kier molecular flexibility index (Phi) is 11.7. The number of ether oxygens (including phenoxy) is 2. The van der Waals surface area contributed by atoms with Gasteiger partial charge < -0.3 is 25.0 Å². The SMILES string of the molecule is CCNC(=NCc1cccc(CN(C)C)c1)NCCCOCCOC. The third-order valence-electron chi connectivity index (χ3n) is 3.44. The number of hydrogen-bond donors (Lipinski definition) is 2. The standard InChI is InChI=1S/C19H34N4O2/c1-5-20-19(21-10-7-11-25-13-12-24-4)22-15-17-8-6-9-18(14-17)16-23(2)3/h6,8-9,14H,5,7,10-13,15-16H2,1-4H3,(H2,20,21,22). The highest BCUT2D eigenvalue weighted by molar-refractivity contribution is 5.79. The van der Waals surface area contributed by atoms with Gasteiger partial charge in [0.2, 0.25) is 0 Å². The fraction of sp³-hybridized carbons (Fsp3) is 0.632. The summed E-state index contributed by atoms with van der Waals surface area (Å²) in [5.41, 5.74) is 2.53. The minimum atomic E-state index is 0.643. The third kappa shape index (κ3) is 10.8. The van der Waals surface area contributed by atoms with Crippen LogP contribution in [0.25, 0.3) is 0 Å². The predicted octanol–water partition coefficient (Wildman–Crippen LogP) is 1.86. The van der Waals surface area contributed by atoms with Crippen LogP contribution in [0.1, 0.15) is 24.5 Å². The summed E-state index contributed by atoms with van der Waals surface area (Å²) >= 11 is 0. The van der Waals surface area contributed by atoms with Crippen molar-refractivity contribution < 1.29 is 9.47 Å². The Labute approximate surface area is 152 Å². The summed E-state index contributed by atoms with van der Waals surface area (Å²) in [6.07, 6.45) is 0.937. The molecule has 1 aromatic carbocycles. The zero-order valence-corrected chi connectivity index (χ0v) is 16.2. The molecular formula is C19H34N4O2. The molecule has 0 heterocycles. The first-order valence-corrected chi connectivity index (χ1v) is 8.97. The Bertz CT molecular complexity index is 492. The summed E-state index contributed by atoms with van der Waals surface area (Å²) in [5.74, 6) is 0.845. The van der Waals surface area contributed by atoms with Gasteiger partial charge in [-0.15, -0.1) is 0 Å². The Morgan fingerprint density at radius 3 is 2.64 bits per heavy atom. The molecule has 0 spiro atoms. The first-order chi connectivity index (χ1) is 12.2. The van der Waals surface area contributed by atoms with Crippen molar-refractivity contribution in [3.05, 3.63) is 35.4 Å². The van der Waals surface area contributed by atoms with Crippen molar-refractivity contribution in [2.45, 2.75) is 26.4 Å². The van der Waals surface area contributed by atoms with Gasteiger partial charge in [0.1, 0.15) is 0 Å². The number of nitrogens with zero attached hydrogens (tertiary/aromatic N) is 2. The first-order valence-electron chi connectivity index (χ1n) is 8.97. The van der Waals surface area contributed by atoms with E-state index in [2.05, 4.69) is 65.8 Å². The molecule has 0 amide bonds. The van der Waals surface area contributed by atoms with Crippen molar-refractivity contribution in [1.82, 2.24) is 15.5 Å². The van der Waals surface area contributed by atoms with E-state index in [-0.39, 0.29) is 0 Å². The molecule has 0 atom stereocenters. The maximum atomic E-state index is 5.46. The monoisotopic (exact) mass is 350 g/mol. The Morgan fingerprint density at radius 1 is 1.12 bits per heavy atom. The van der Waals surface area contributed by atoms with Gasteiger partial charge in [0.05, 0.1) is 19.8 Å². The van der Waals surface area contributed by atoms with E-state index in [0.717, 1.165) is 38.6 Å². The second kappa shape index (κ2) is 13.6. The fourth-order valence-electron chi connectivity index (χ4n) is 2.33. The van der Waals surface area contributed by atoms with Crippen molar-refractivity contribution in [3.63, 3.8) is 0 Å². The Hall–Kier alpha value is -1.63. The van der Waals surface area contributed by atoms with Crippen LogP contribution in [0.15, 0.2) is 29.3 Å². The van der Waals surface area contributed by atoms with E-state index < -0.39 is 0 Å². The zero-order chi connectivity index (χ0) is 18.3. The summed E-state index contributed by atoms with van der Waals surface area (Å²) in [6, 6.07) is 8.59. The van der Waals surface area contributed by atoms with Crippen molar-refractivity contribution in [2.75, 3.05) is 54.1 Å². The lowest BCUT2D eigenvalue weighted by Crippen LogP contribution is -2.38. The molecule has 6 nitrogen and oxygen atoms in total. The van der Waals surface area contributed by atoms with Gasteiger partial charge in [-0.25, -0.2) is 4.99 Å². The molecule has 0 aliphatic rings. The van der Waals surface area contributed by atoms with Gasteiger partial charge in [-0.05, 0) is 38.6 Å². The first kappa shape index (κ1) is 21.4. The van der Waals surface area contributed by atoms with Crippen LogP contribution < -0.4 is 10.6 Å². The molecule has 6 heteroatoms. The largest absolute Gasteiger partial charge is 0.382 e. The number of rotatable bonds is 12. The molecule has 1 aromatic rings. The number of hydrogen-bond acceptors (Lipinski definition) is 4. The lowest BCUT2D eigenvalue weighted by Gasteiger charge is -2.12. The lowest BCUT2D eigenvalue weighted by molar-refractivity contribution is 0.0698. The van der Waals surface area contributed by atoms with E-state index in [9.17, 15) is 0 Å². The van der Waals surface area contributed by atoms with E-state index in [1.165, 1.54) is 11.1 Å². The van der Waals surface area contributed by atoms with E-state index in [0.29, 0.717) is 19.8 Å². The van der Waals surface area contributed by atoms with Gasteiger partial charge in [0.25, 0.3) is 0 Å². The van der Waals surface area contributed by atoms with Crippen LogP contribution in [0.3, 0.4) is 0 Å². The maximum Gasteiger partial charge on any atom is 0.191 e. The molecule has 0 saturated carbocycles. The number of guanidine groups is 1. The van der Waals surface area contributed by atoms with Crippen molar-refractivity contribution >= 4 is 5.96 Å². The van der Waals surface area contributed by atoms with Gasteiger partial charge in [-0.2, -0.15) is 0 Å². The molecule has 0 unspecified atom stereocenters. The van der Waals surface area contributed by atoms with Gasteiger partial charge in [-0.1, -0.05) is 24.3 Å². The molecule has 0 radical (unpaired) electrons. The van der Waals surface area contributed by atoms with Crippen LogP contribution in [-0.2, 0) is 22.6 Å². The highest BCUT2D eigenvalue weighted by atomic mass is 16.5. The minimum Gasteiger partial charge on any atom is -0.382 e. The van der Waals surface area contributed by atoms with E-state index >= 15 is 0 Å². The molecule has 0 aliphatic carbocycles. The fourth-order valence-corrected chi connectivity index (χ4v) is 2.33. The van der Waals surface area contributed by atoms with Crippen molar-refractivity contribution in [2.24, 2.45) is 4.99 Å². The molecule has 0 aromatic heterocycles. The molecule has 25 heavy (non-hydrogen) atoms. The van der Waals surface area contributed by atoms with Crippen LogP contribution >= 0.6 is 0 Å². The minimum absolute atomic E-state index is 0.643. The van der Waals surface area contributed by atoms with Gasteiger partial charge in [0.15, 0.2) is 5.96 Å². The lowest BCUT2D eigenvalue weighted by atomic mass is 10.1. The third-order valence-corrected chi connectivity index (χ3v) is 3.44. The quantitative estimate of drug-likeness (QED) is 0.342. The van der Waals surface area contributed by atoms with Crippen LogP contribution in [0.4, 0.5) is 0 Å². The zero-order valence-electron chi connectivity index (χ0n) is 16.2. The Morgan fingerprint density at radius 2 is 1.92 bits per heavy atom. The summed E-state index contributed by atoms with van der Waals surface area (Å²) in [5, 5.41) is 6.63. The van der Waals surface area contributed by atoms with Crippen molar-refractivity contribution in [1.29, 1.82) is 0 Å². The Balaban J connectivity index is 2.41. The highest BCUT2D eigenvalue weighted by Gasteiger charge is 2.00. The number of aliphatic imine (C=N–C) groups is 1. The molecule has 0 saturated heterocycles. The highest BCUT2D eigenvalue weighted by Crippen LogP contribution is 2.08. The summed E-state index contributed by atoms with van der Waals surface area (Å²) in [7, 11) is 5.84. The molecule has 0 fully saturated rings. The smallest absolute Gasteiger partial charge is 0.191 e. The second-order valence-corrected chi connectivity index (χ2v) is 6.14. The van der Waals surface area contributed by atoms with Crippen LogP contribution in [0.5, 0.6) is 0 Å². The van der Waals surface area contributed by atoms with Gasteiger partial charge >= 0.3 is 0 Å². The maximum absolute atomic E-state index is 5.46. The number of benzene rings is 1. The van der Waals surface area contributed by atoms with Crippen LogP contribution in [-0.4, -0.2) is 65.0 Å². The average molecular weight is 351 g/mol. The number of methoxy groups -OCH3 is 1. The molecule has 0 aliphatic heterocycles. The summed E-state index contributed by atoms with van der Waals surface area (Å²) in [6.45, 7) is 7.37. The average Bonchev–Trinajstić information content (AvgIpc) is 2.58. The summed E-state index contributed by atoms with van der Waals surface area (Å²) < 4.78 is 10.4. The van der Waals surface area contributed by atoms with Gasteiger partial charge in [-0.3, -0.25) is 0 Å². The topological polar surface area (TPSA) is 58.1 Å². The second-order valence-electron chi connectivity index (χ2n) is 6.14. The normalized spacial score (nSPS) is 11.8. The van der Waals surface area contributed by atoms with Crippen LogP contribution in [0, 0.1) is 0 Å². The molecule has 142 valence electrons. The van der Waals surface area contributed by atoms with E-state index in [1.54, 1.807) is 7.11 Å². The summed E-state index contributed by atoms with van der Waals surface area (Å²) in [4.78, 5) is 6.84.